The minimum Gasteiger partial charge on any atom is -0.443 e. The highest BCUT2D eigenvalue weighted by atomic mass is 16.7. The van der Waals surface area contributed by atoms with Gasteiger partial charge in [-0.15, -0.1) is 5.10 Å². The summed E-state index contributed by atoms with van der Waals surface area (Å²) in [7, 11) is 0. The smallest absolute Gasteiger partial charge is 0.238 e. The van der Waals surface area contributed by atoms with Crippen LogP contribution in [0.2, 0.25) is 0 Å². The van der Waals surface area contributed by atoms with E-state index in [4.69, 9.17) is 9.47 Å². The van der Waals surface area contributed by atoms with Crippen molar-refractivity contribution in [2.24, 2.45) is 0 Å². The highest BCUT2D eigenvalue weighted by Crippen LogP contribution is 2.37. The summed E-state index contributed by atoms with van der Waals surface area (Å²) in [4.78, 5) is 2.73. The molecule has 42 heavy (non-hydrogen) atoms. The zero-order chi connectivity index (χ0) is 29.9. The number of aliphatic hydroxyl groups is 4. The van der Waals surface area contributed by atoms with Crippen LogP contribution in [0.1, 0.15) is 79.8 Å². The number of hydrogen-bond acceptors (Lipinski definition) is 9. The van der Waals surface area contributed by atoms with E-state index in [1.165, 1.54) is 37.8 Å². The fourth-order valence-electron chi connectivity index (χ4n) is 6.84. The van der Waals surface area contributed by atoms with Crippen LogP contribution >= 0.6 is 0 Å². The molecule has 232 valence electrons. The fraction of sp³-hybridized carbons (Fsp3) is 0.656. The summed E-state index contributed by atoms with van der Waals surface area (Å²) in [6, 6.07) is 6.47. The lowest BCUT2D eigenvalue weighted by molar-refractivity contribution is -0.278. The van der Waals surface area contributed by atoms with Crippen molar-refractivity contribution in [2.45, 2.75) is 101 Å². The summed E-state index contributed by atoms with van der Waals surface area (Å²) in [5, 5.41) is 51.2. The quantitative estimate of drug-likeness (QED) is 0.248. The Kier molecular flexibility index (Phi) is 10.0. The van der Waals surface area contributed by atoms with Crippen LogP contribution in [-0.2, 0) is 11.2 Å². The average Bonchev–Trinajstić information content (AvgIpc) is 3.56. The first-order valence-corrected chi connectivity index (χ1v) is 15.5. The molecule has 0 radical (unpaired) electrons. The van der Waals surface area contributed by atoms with Gasteiger partial charge in [0.25, 0.3) is 0 Å². The van der Waals surface area contributed by atoms with Crippen LogP contribution in [0.5, 0.6) is 5.88 Å². The molecule has 3 saturated heterocycles. The molecule has 4 heterocycles. The van der Waals surface area contributed by atoms with E-state index in [0.29, 0.717) is 12.0 Å². The van der Waals surface area contributed by atoms with E-state index in [9.17, 15) is 20.4 Å². The lowest BCUT2D eigenvalue weighted by atomic mass is 9.85. The van der Waals surface area contributed by atoms with E-state index in [0.717, 1.165) is 48.4 Å². The molecular weight excluding hydrogens is 536 g/mol. The van der Waals surface area contributed by atoms with Gasteiger partial charge in [-0.3, -0.25) is 10.00 Å². The number of aromatic amines is 1. The molecule has 0 amide bonds. The normalized spacial score (nSPS) is 28.3. The Morgan fingerprint density at radius 1 is 1.14 bits per heavy atom. The number of benzene rings is 1. The number of aromatic nitrogens is 2. The molecule has 3 fully saturated rings. The van der Waals surface area contributed by atoms with Gasteiger partial charge in [-0.05, 0) is 81.3 Å². The zero-order valence-corrected chi connectivity index (χ0v) is 25.1. The van der Waals surface area contributed by atoms with Crippen LogP contribution in [-0.4, -0.2) is 105 Å². The van der Waals surface area contributed by atoms with E-state index in [1.807, 2.05) is 0 Å². The highest BCUT2D eigenvalue weighted by molar-refractivity contribution is 5.52. The topological polar surface area (TPSA) is 143 Å². The molecule has 6 N–H and O–H groups in total. The van der Waals surface area contributed by atoms with E-state index in [-0.39, 0.29) is 11.8 Å². The Hall–Kier alpha value is -2.31. The number of ether oxygens (including phenoxy) is 2. The SMILES string of the molecule is Cc1cc(/C=C/CCN2CCCC23CCNCC3)ccc1Cc1c(O[C@H]2O[C@H](CO)[C@@H](O)[C@H](O)[C@H]2O)n[nH]c1C(C)C. The number of likely N-dealkylation sites (tertiary alicyclic amines) is 1. The lowest BCUT2D eigenvalue weighted by Gasteiger charge is -2.42. The number of piperidine rings is 1. The first-order chi connectivity index (χ1) is 20.2. The molecule has 3 aliphatic rings. The largest absolute Gasteiger partial charge is 0.443 e. The molecule has 5 rings (SSSR count). The molecule has 1 spiro atoms. The van der Waals surface area contributed by atoms with E-state index in [2.05, 4.69) is 71.5 Å². The molecule has 0 bridgehead atoms. The number of hydrogen-bond donors (Lipinski definition) is 6. The average molecular weight is 585 g/mol. The van der Waals surface area contributed by atoms with Crippen molar-refractivity contribution in [2.75, 3.05) is 32.8 Å². The minimum absolute atomic E-state index is 0.141. The monoisotopic (exact) mass is 584 g/mol. The predicted molar refractivity (Wildman–Crippen MR) is 160 cm³/mol. The Morgan fingerprint density at radius 2 is 1.93 bits per heavy atom. The van der Waals surface area contributed by atoms with Crippen LogP contribution in [0.4, 0.5) is 0 Å². The number of aliphatic hydroxyl groups excluding tert-OH is 4. The summed E-state index contributed by atoms with van der Waals surface area (Å²) < 4.78 is 11.5. The Bertz CT molecular complexity index is 1210. The number of nitrogens with zero attached hydrogens (tertiary/aromatic N) is 2. The minimum atomic E-state index is -1.52. The molecule has 2 aromatic rings. The number of H-pyrrole nitrogens is 1. The van der Waals surface area contributed by atoms with Gasteiger partial charge < -0.3 is 35.2 Å². The Balaban J connectivity index is 1.24. The van der Waals surface area contributed by atoms with E-state index < -0.39 is 37.3 Å². The number of rotatable bonds is 10. The molecule has 0 aliphatic carbocycles. The van der Waals surface area contributed by atoms with E-state index >= 15 is 0 Å². The first-order valence-electron chi connectivity index (χ1n) is 15.5. The fourth-order valence-corrected chi connectivity index (χ4v) is 6.84. The van der Waals surface area contributed by atoms with Crippen LogP contribution in [0, 0.1) is 6.92 Å². The third kappa shape index (κ3) is 6.60. The Labute approximate surface area is 248 Å². The molecule has 10 nitrogen and oxygen atoms in total. The molecule has 10 heteroatoms. The summed E-state index contributed by atoms with van der Waals surface area (Å²) in [6.07, 6.45) is 4.48. The van der Waals surface area contributed by atoms with Crippen molar-refractivity contribution in [3.63, 3.8) is 0 Å². The van der Waals surface area contributed by atoms with Crippen LogP contribution in [0.3, 0.4) is 0 Å². The summed E-state index contributed by atoms with van der Waals surface area (Å²) in [5.74, 6) is 0.404. The van der Waals surface area contributed by atoms with Crippen molar-refractivity contribution in [1.82, 2.24) is 20.4 Å². The molecule has 1 aromatic heterocycles. The summed E-state index contributed by atoms with van der Waals surface area (Å²) in [5.41, 5.74) is 5.62. The third-order valence-corrected chi connectivity index (χ3v) is 9.40. The Morgan fingerprint density at radius 3 is 2.64 bits per heavy atom. The second-order valence-electron chi connectivity index (χ2n) is 12.5. The van der Waals surface area contributed by atoms with Gasteiger partial charge in [0.1, 0.15) is 24.4 Å². The highest BCUT2D eigenvalue weighted by Gasteiger charge is 2.45. The second-order valence-corrected chi connectivity index (χ2v) is 12.5. The van der Waals surface area contributed by atoms with Crippen molar-refractivity contribution in [1.29, 1.82) is 0 Å². The maximum Gasteiger partial charge on any atom is 0.238 e. The summed E-state index contributed by atoms with van der Waals surface area (Å²) >= 11 is 0. The van der Waals surface area contributed by atoms with Gasteiger partial charge >= 0.3 is 0 Å². The molecule has 1 aromatic carbocycles. The van der Waals surface area contributed by atoms with Gasteiger partial charge in [-0.2, -0.15) is 0 Å². The number of aryl methyl sites for hydroxylation is 1. The zero-order valence-electron chi connectivity index (χ0n) is 25.1. The standard InChI is InChI=1S/C32H48N4O6/c1-20(2)26-24(30(35-34-26)42-31-29(40)28(39)27(38)25(19-37)41-31)18-23-9-8-22(17-21(23)3)7-4-5-15-36-16-6-10-32(36)11-13-33-14-12-32/h4,7-9,17,20,25,27-29,31,33,37-40H,5-6,10-16,18-19H2,1-3H3,(H,34,35)/b7-4+/t25-,27-,28+,29-,31-/m1/s1. The van der Waals surface area contributed by atoms with Crippen molar-refractivity contribution >= 4 is 6.08 Å². The second kappa shape index (κ2) is 13.5. The maximum atomic E-state index is 10.5. The molecule has 5 atom stereocenters. The summed E-state index contributed by atoms with van der Waals surface area (Å²) in [6.45, 7) is 10.3. The van der Waals surface area contributed by atoms with Crippen molar-refractivity contribution in [3.05, 3.63) is 52.2 Å². The lowest BCUT2D eigenvalue weighted by Crippen LogP contribution is -2.60. The van der Waals surface area contributed by atoms with Gasteiger partial charge in [0.05, 0.1) is 6.61 Å². The van der Waals surface area contributed by atoms with Gasteiger partial charge in [0.15, 0.2) is 0 Å². The third-order valence-electron chi connectivity index (χ3n) is 9.40. The van der Waals surface area contributed by atoms with Gasteiger partial charge in [0, 0.05) is 29.8 Å². The molecular formula is C32H48N4O6. The molecule has 0 unspecified atom stereocenters. The van der Waals surface area contributed by atoms with Crippen LogP contribution < -0.4 is 10.1 Å². The van der Waals surface area contributed by atoms with Gasteiger partial charge in [-0.1, -0.05) is 44.2 Å². The van der Waals surface area contributed by atoms with Crippen molar-refractivity contribution < 1.29 is 29.9 Å². The maximum absolute atomic E-state index is 10.5. The molecule has 3 aliphatic heterocycles. The van der Waals surface area contributed by atoms with Gasteiger partial charge in [0.2, 0.25) is 12.2 Å². The van der Waals surface area contributed by atoms with Crippen molar-refractivity contribution in [3.8, 4) is 5.88 Å². The predicted octanol–water partition coefficient (Wildman–Crippen LogP) is 2.23. The van der Waals surface area contributed by atoms with Gasteiger partial charge in [-0.25, -0.2) is 0 Å². The first kappa shape index (κ1) is 31.1. The molecule has 0 saturated carbocycles. The van der Waals surface area contributed by atoms with Crippen LogP contribution in [0.15, 0.2) is 24.3 Å². The van der Waals surface area contributed by atoms with E-state index in [1.54, 1.807) is 0 Å². The number of nitrogens with one attached hydrogen (secondary N) is 2. The van der Waals surface area contributed by atoms with Crippen LogP contribution in [0.25, 0.3) is 6.08 Å².